The van der Waals surface area contributed by atoms with Crippen LogP contribution in [0.15, 0.2) is 301 Å². The van der Waals surface area contributed by atoms with Crippen LogP contribution in [-0.2, 0) is 66.7 Å². The summed E-state index contributed by atoms with van der Waals surface area (Å²) in [6, 6.07) is 105. The quantitative estimate of drug-likeness (QED) is 0.0783. The fourth-order valence-corrected chi connectivity index (χ4v) is 21.2. The summed E-state index contributed by atoms with van der Waals surface area (Å²) >= 11 is 1.84. The van der Waals surface area contributed by atoms with Crippen LogP contribution >= 0.6 is 11.3 Å². The number of benzene rings is 9. The number of hydrogen-bond donors (Lipinski definition) is 0. The van der Waals surface area contributed by atoms with E-state index >= 15 is 0 Å². The van der Waals surface area contributed by atoms with Gasteiger partial charge in [-0.1, -0.05) is 242 Å². The van der Waals surface area contributed by atoms with Gasteiger partial charge in [-0.2, -0.15) is 11.3 Å². The molecule has 0 amide bonds. The fraction of sp³-hybridized carbons (Fsp3) is 0.208. The molecule has 1 fully saturated rings. The summed E-state index contributed by atoms with van der Waals surface area (Å²) in [5.74, 6) is 1.88. The molecule has 619 valence electrons. The molecular weight excluding hydrogens is 2080 g/mol. The molecule has 1 saturated carbocycles. The van der Waals surface area contributed by atoms with Crippen molar-refractivity contribution in [3.8, 4) is 67.5 Å². The van der Waals surface area contributed by atoms with Gasteiger partial charge in [-0.15, -0.1) is 179 Å². The minimum atomic E-state index is -1.43. The van der Waals surface area contributed by atoms with Crippen molar-refractivity contribution >= 4 is 115 Å². The predicted octanol–water partition coefficient (Wildman–Crippen LogP) is 27.5. The van der Waals surface area contributed by atoms with Gasteiger partial charge in [0.2, 0.25) is 0 Å². The predicted molar refractivity (Wildman–Crippen MR) is 506 cm³/mol. The molecule has 15 heteroatoms. The summed E-state index contributed by atoms with van der Waals surface area (Å²) in [5, 5.41) is 11.7. The zero-order valence-corrected chi connectivity index (χ0v) is 82.1. The van der Waals surface area contributed by atoms with Crippen molar-refractivity contribution in [1.82, 2.24) is 29.9 Å². The number of furan rings is 2. The standard InChI is InChI=1S/C25H26NOSi.C24H26NOSi.C24H26NSSi.3C11H8N.3Ir/c1-28(2,3)25-16-26-22(15-20(25)17-8-4-5-9-17)18-12-13-24-21(14-18)19-10-6-7-11-23(19)27-24;1-16(2)12-18-14-21(25-15-24(18)27(3,4)5)17-10-11-23-20(13-17)19-8-6-7-9-22(19)26-23;1-6-16(2)19-14-21(25-15-24(19)27(3,4)5)17-11-12-23-20(13-17)18-9-7-8-10-22(18)26-23;3*1-2-6-10(7-3-1)11-8-4-5-9-12-11;;;/h6-7,10-11,13-17H,4-5,8-9H2,1-3H3;6-9,11,13-16H,12H2,1-5H3;7-10,12-16H,6H2,1-5H3;3*1-6,8-9H;;;/q6*-1;;;. The maximum atomic E-state index is 5.97. The minimum absolute atomic E-state index is 0. The van der Waals surface area contributed by atoms with E-state index in [4.69, 9.17) is 23.8 Å². The number of pyridine rings is 6. The normalized spacial score (nSPS) is 12.2. The third-order valence-electron chi connectivity index (χ3n) is 21.6. The second-order valence-electron chi connectivity index (χ2n) is 33.8. The molecule has 1 aliphatic rings. The van der Waals surface area contributed by atoms with E-state index in [1.165, 1.54) is 72.5 Å². The zero-order chi connectivity index (χ0) is 82.3. The number of rotatable bonds is 14. The van der Waals surface area contributed by atoms with E-state index in [1.807, 2.05) is 175 Å². The molecule has 19 rings (SSSR count). The van der Waals surface area contributed by atoms with Crippen molar-refractivity contribution in [1.29, 1.82) is 0 Å². The topological polar surface area (TPSA) is 104 Å². The number of aromatic nitrogens is 6. The van der Waals surface area contributed by atoms with Gasteiger partial charge in [0.15, 0.2) is 0 Å². The van der Waals surface area contributed by atoms with Crippen LogP contribution in [0.4, 0.5) is 0 Å². The van der Waals surface area contributed by atoms with Crippen LogP contribution < -0.4 is 15.6 Å². The first-order valence-electron chi connectivity index (χ1n) is 41.3. The Morgan fingerprint density at radius 2 is 0.769 bits per heavy atom. The van der Waals surface area contributed by atoms with Crippen LogP contribution in [0.25, 0.3) is 132 Å². The van der Waals surface area contributed by atoms with Gasteiger partial charge in [0.25, 0.3) is 0 Å². The third-order valence-corrected chi connectivity index (χ3v) is 28.8. The second kappa shape index (κ2) is 42.4. The maximum absolute atomic E-state index is 5.97. The number of thiophene rings is 1. The molecule has 0 aliphatic heterocycles. The number of hydrogen-bond acceptors (Lipinski definition) is 9. The molecule has 9 aromatic carbocycles. The maximum Gasteiger partial charge on any atom is 0.120 e. The Bertz CT molecular complexity index is 6060. The minimum Gasteiger partial charge on any atom is -0.500 e. The Morgan fingerprint density at radius 1 is 0.364 bits per heavy atom. The van der Waals surface area contributed by atoms with E-state index in [9.17, 15) is 0 Å². The van der Waals surface area contributed by atoms with Gasteiger partial charge in [0.1, 0.15) is 11.2 Å². The molecule has 1 unspecified atom stereocenters. The number of para-hydroxylation sites is 2. The van der Waals surface area contributed by atoms with Crippen LogP contribution in [0.1, 0.15) is 88.3 Å². The van der Waals surface area contributed by atoms with Crippen molar-refractivity contribution in [2.75, 3.05) is 0 Å². The Hall–Kier alpha value is -9.70. The molecule has 121 heavy (non-hydrogen) atoms. The summed E-state index contributed by atoms with van der Waals surface area (Å²) in [6.07, 6.45) is 19.4. The molecule has 0 spiro atoms. The molecule has 0 bridgehead atoms. The van der Waals surface area contributed by atoms with Crippen LogP contribution in [0, 0.1) is 42.3 Å². The molecule has 8 nitrogen and oxygen atoms in total. The molecule has 9 aromatic heterocycles. The van der Waals surface area contributed by atoms with Gasteiger partial charge >= 0.3 is 0 Å². The first-order chi connectivity index (χ1) is 57.1. The van der Waals surface area contributed by atoms with E-state index in [2.05, 4.69) is 248 Å². The Kier molecular flexibility index (Phi) is 32.2. The molecule has 9 heterocycles. The molecule has 18 aromatic rings. The van der Waals surface area contributed by atoms with Crippen LogP contribution in [0.5, 0.6) is 0 Å². The Balaban J connectivity index is 0.000000146. The van der Waals surface area contributed by atoms with Gasteiger partial charge in [0.05, 0.1) is 35.4 Å². The average molecular weight is 2180 g/mol. The van der Waals surface area contributed by atoms with Crippen molar-refractivity contribution in [3.63, 3.8) is 0 Å². The number of nitrogens with zero attached hydrogens (tertiary/aromatic N) is 6. The van der Waals surface area contributed by atoms with Crippen molar-refractivity contribution in [2.24, 2.45) is 5.92 Å². The van der Waals surface area contributed by atoms with Crippen molar-refractivity contribution < 1.29 is 69.2 Å². The molecular formula is C106H102Ir3N6O2SSi3-6. The number of fused-ring (bicyclic) bond motifs is 9. The molecule has 1 atom stereocenters. The molecule has 1 aliphatic carbocycles. The zero-order valence-electron chi connectivity index (χ0n) is 71.1. The van der Waals surface area contributed by atoms with E-state index in [0.717, 1.165) is 124 Å². The smallest absolute Gasteiger partial charge is 0.120 e. The summed E-state index contributed by atoms with van der Waals surface area (Å²) in [6.45, 7) is 30.9. The van der Waals surface area contributed by atoms with E-state index in [0.29, 0.717) is 17.8 Å². The van der Waals surface area contributed by atoms with E-state index in [-0.39, 0.29) is 60.3 Å². The van der Waals surface area contributed by atoms with Crippen molar-refractivity contribution in [3.05, 3.63) is 345 Å². The average Bonchev–Trinajstić information content (AvgIpc) is 1.64. The monoisotopic (exact) mass is 2190 g/mol. The van der Waals surface area contributed by atoms with Crippen molar-refractivity contribution in [2.45, 2.75) is 137 Å². The SMILES string of the molecule is CC(C)Cc1cc(-c2[c-]cc3oc4ccccc4c3c2)ncc1[Si](C)(C)C.CCC(C)c1cc(-c2[c-]cc3sc4ccccc4c3c2)ncc1[Si](C)(C)C.C[Si](C)(C)c1cnc(-c2[c-]cc3oc4ccccc4c3c2)cc1C1CCCC1.[Ir].[Ir].[Ir].[c-]1ccccc1-c1ccccn1.[c-]1ccccc1-c1ccccn1.[c-]1ccccc1-c1ccccn1. The van der Waals surface area contributed by atoms with Gasteiger partial charge in [-0.25, -0.2) is 0 Å². The van der Waals surface area contributed by atoms with Crippen LogP contribution in [0.3, 0.4) is 0 Å². The van der Waals surface area contributed by atoms with Gasteiger partial charge in [0, 0.05) is 113 Å². The second-order valence-corrected chi connectivity index (χ2v) is 50.0. The summed E-state index contributed by atoms with van der Waals surface area (Å²) < 4.78 is 14.5. The van der Waals surface area contributed by atoms with E-state index < -0.39 is 24.2 Å². The van der Waals surface area contributed by atoms with E-state index in [1.54, 1.807) is 24.2 Å². The first kappa shape index (κ1) is 92.0. The summed E-state index contributed by atoms with van der Waals surface area (Å²) in [5.41, 5.74) is 20.4. The van der Waals surface area contributed by atoms with Gasteiger partial charge < -0.3 is 38.7 Å². The van der Waals surface area contributed by atoms with Crippen LogP contribution in [0.2, 0.25) is 58.9 Å². The summed E-state index contributed by atoms with van der Waals surface area (Å²) in [7, 11) is -4.27. The largest absolute Gasteiger partial charge is 0.500 e. The molecule has 3 radical (unpaired) electrons. The molecule has 0 N–H and O–H groups in total. The summed E-state index contributed by atoms with van der Waals surface area (Å²) in [4.78, 5) is 27.2. The first-order valence-corrected chi connectivity index (χ1v) is 52.6. The van der Waals surface area contributed by atoms with Gasteiger partial charge in [-0.3, -0.25) is 0 Å². The Morgan fingerprint density at radius 3 is 1.21 bits per heavy atom. The third kappa shape index (κ3) is 23.2. The fourth-order valence-electron chi connectivity index (χ4n) is 15.3. The van der Waals surface area contributed by atoms with Gasteiger partial charge in [-0.05, 0) is 140 Å². The Labute approximate surface area is 762 Å². The molecule has 0 saturated heterocycles. The van der Waals surface area contributed by atoms with Crippen LogP contribution in [-0.4, -0.2) is 54.1 Å².